The zero-order valence-electron chi connectivity index (χ0n) is 9.37. The van der Waals surface area contributed by atoms with Gasteiger partial charge in [0.05, 0.1) is 18.4 Å². The van der Waals surface area contributed by atoms with E-state index in [1.165, 1.54) is 7.11 Å². The maximum atomic E-state index is 11.8. The van der Waals surface area contributed by atoms with Gasteiger partial charge in [0, 0.05) is 5.88 Å². The molecule has 0 heterocycles. The molecule has 4 nitrogen and oxygen atoms in total. The molecule has 1 fully saturated rings. The number of hydrogen-bond donors (Lipinski definition) is 1. The largest absolute Gasteiger partial charge is 0.481 e. The molecular formula is C11H17ClO4. The second-order valence-corrected chi connectivity index (χ2v) is 4.72. The fourth-order valence-corrected chi connectivity index (χ4v) is 2.85. The molecular weight excluding hydrogens is 232 g/mol. The number of hydrogen-bond acceptors (Lipinski definition) is 3. The van der Waals surface area contributed by atoms with Gasteiger partial charge in [-0.25, -0.2) is 0 Å². The lowest BCUT2D eigenvalue weighted by Crippen LogP contribution is -2.39. The van der Waals surface area contributed by atoms with Crippen molar-refractivity contribution in [2.75, 3.05) is 13.0 Å². The molecule has 0 saturated heterocycles. The van der Waals surface area contributed by atoms with E-state index in [9.17, 15) is 9.59 Å². The number of carbonyl (C=O) groups excluding carboxylic acids is 1. The van der Waals surface area contributed by atoms with Gasteiger partial charge in [-0.3, -0.25) is 9.59 Å². The van der Waals surface area contributed by atoms with Gasteiger partial charge in [-0.15, -0.1) is 11.6 Å². The molecule has 1 N–H and O–H groups in total. The first-order chi connectivity index (χ1) is 7.55. The summed E-state index contributed by atoms with van der Waals surface area (Å²) in [5.74, 6) is -1.25. The first-order valence-corrected chi connectivity index (χ1v) is 5.96. The van der Waals surface area contributed by atoms with Gasteiger partial charge in [0.1, 0.15) is 0 Å². The van der Waals surface area contributed by atoms with E-state index < -0.39 is 17.3 Å². The van der Waals surface area contributed by atoms with Crippen LogP contribution in [0, 0.1) is 11.3 Å². The first-order valence-electron chi connectivity index (χ1n) is 5.43. The van der Waals surface area contributed by atoms with Gasteiger partial charge >= 0.3 is 11.9 Å². The number of alkyl halides is 1. The minimum absolute atomic E-state index is 0.320. The molecule has 0 aromatic rings. The second kappa shape index (κ2) is 5.53. The highest BCUT2D eigenvalue weighted by Crippen LogP contribution is 2.43. The zero-order valence-corrected chi connectivity index (χ0v) is 10.1. The molecule has 0 aromatic heterocycles. The maximum absolute atomic E-state index is 11.8. The van der Waals surface area contributed by atoms with Crippen LogP contribution in [-0.4, -0.2) is 30.0 Å². The number of esters is 1. The lowest BCUT2D eigenvalue weighted by Gasteiger charge is -2.36. The standard InChI is InChI=1S/C11H17ClO4/c1-16-10(15)11(5-6-12)4-2-3-8(7-11)9(13)14/h8H,2-7H2,1H3,(H,13,14). The summed E-state index contributed by atoms with van der Waals surface area (Å²) in [6.07, 6.45) is 2.89. The maximum Gasteiger partial charge on any atom is 0.311 e. The summed E-state index contributed by atoms with van der Waals surface area (Å²) in [7, 11) is 1.34. The van der Waals surface area contributed by atoms with Crippen molar-refractivity contribution < 1.29 is 19.4 Å². The molecule has 2 atom stereocenters. The number of carboxylic acids is 1. The fourth-order valence-electron chi connectivity index (χ4n) is 2.49. The molecule has 1 saturated carbocycles. The van der Waals surface area contributed by atoms with Gasteiger partial charge in [-0.2, -0.15) is 0 Å². The van der Waals surface area contributed by atoms with E-state index in [2.05, 4.69) is 0 Å². The molecule has 16 heavy (non-hydrogen) atoms. The van der Waals surface area contributed by atoms with Gasteiger partial charge < -0.3 is 9.84 Å². The minimum atomic E-state index is -0.831. The molecule has 92 valence electrons. The Morgan fingerprint density at radius 3 is 2.75 bits per heavy atom. The van der Waals surface area contributed by atoms with Crippen LogP contribution >= 0.6 is 11.6 Å². The van der Waals surface area contributed by atoms with Crippen LogP contribution < -0.4 is 0 Å². The van der Waals surface area contributed by atoms with Crippen molar-refractivity contribution in [1.82, 2.24) is 0 Å². The van der Waals surface area contributed by atoms with Crippen LogP contribution in [0.1, 0.15) is 32.1 Å². The van der Waals surface area contributed by atoms with Crippen LogP contribution in [0.25, 0.3) is 0 Å². The number of halogens is 1. The predicted molar refractivity (Wildman–Crippen MR) is 59.4 cm³/mol. The Morgan fingerprint density at radius 1 is 1.56 bits per heavy atom. The molecule has 0 aliphatic heterocycles. The third-order valence-corrected chi connectivity index (χ3v) is 3.57. The third-order valence-electron chi connectivity index (χ3n) is 3.39. The van der Waals surface area contributed by atoms with Crippen LogP contribution in [0.15, 0.2) is 0 Å². The van der Waals surface area contributed by atoms with E-state index in [0.29, 0.717) is 31.6 Å². The van der Waals surface area contributed by atoms with Gasteiger partial charge in [0.15, 0.2) is 0 Å². The lowest BCUT2D eigenvalue weighted by molar-refractivity contribution is -0.159. The average molecular weight is 249 g/mol. The topological polar surface area (TPSA) is 63.6 Å². The lowest BCUT2D eigenvalue weighted by atomic mass is 9.68. The summed E-state index contributed by atoms with van der Waals surface area (Å²) in [6, 6.07) is 0. The summed E-state index contributed by atoms with van der Waals surface area (Å²) < 4.78 is 4.78. The SMILES string of the molecule is COC(=O)C1(CCCl)CCCC(C(=O)O)C1. The molecule has 0 spiro atoms. The number of rotatable bonds is 4. The number of aliphatic carboxylic acids is 1. The Morgan fingerprint density at radius 2 is 2.25 bits per heavy atom. The summed E-state index contributed by atoms with van der Waals surface area (Å²) in [6.45, 7) is 0. The molecule has 2 unspecified atom stereocenters. The van der Waals surface area contributed by atoms with Crippen LogP contribution in [-0.2, 0) is 14.3 Å². The predicted octanol–water partition coefficient (Wildman–Crippen LogP) is 2.05. The third kappa shape index (κ3) is 2.67. The van der Waals surface area contributed by atoms with Gasteiger partial charge in [0.25, 0.3) is 0 Å². The highest BCUT2D eigenvalue weighted by atomic mass is 35.5. The molecule has 0 aromatic carbocycles. The monoisotopic (exact) mass is 248 g/mol. The Labute approximate surface area is 99.9 Å². The molecule has 0 bridgehead atoms. The summed E-state index contributed by atoms with van der Waals surface area (Å²) in [5.41, 5.74) is -0.683. The van der Waals surface area contributed by atoms with E-state index in [4.69, 9.17) is 21.4 Å². The van der Waals surface area contributed by atoms with E-state index in [0.717, 1.165) is 6.42 Å². The summed E-state index contributed by atoms with van der Waals surface area (Å²) in [4.78, 5) is 22.7. The van der Waals surface area contributed by atoms with E-state index >= 15 is 0 Å². The molecule has 1 aliphatic rings. The van der Waals surface area contributed by atoms with Gasteiger partial charge in [-0.05, 0) is 25.7 Å². The minimum Gasteiger partial charge on any atom is -0.481 e. The van der Waals surface area contributed by atoms with Crippen molar-refractivity contribution in [3.05, 3.63) is 0 Å². The molecule has 1 rings (SSSR count). The highest BCUT2D eigenvalue weighted by molar-refractivity contribution is 6.18. The van der Waals surface area contributed by atoms with Gasteiger partial charge in [0.2, 0.25) is 0 Å². The zero-order chi connectivity index (χ0) is 12.2. The van der Waals surface area contributed by atoms with Crippen LogP contribution in [0.4, 0.5) is 0 Å². The smallest absolute Gasteiger partial charge is 0.311 e. The van der Waals surface area contributed by atoms with Crippen molar-refractivity contribution in [3.8, 4) is 0 Å². The van der Waals surface area contributed by atoms with Crippen LogP contribution in [0.3, 0.4) is 0 Å². The normalized spacial score (nSPS) is 29.8. The van der Waals surface area contributed by atoms with Crippen molar-refractivity contribution >= 4 is 23.5 Å². The van der Waals surface area contributed by atoms with Crippen LogP contribution in [0.5, 0.6) is 0 Å². The van der Waals surface area contributed by atoms with Crippen LogP contribution in [0.2, 0.25) is 0 Å². The second-order valence-electron chi connectivity index (χ2n) is 4.34. The van der Waals surface area contributed by atoms with Gasteiger partial charge in [-0.1, -0.05) is 6.42 Å². The molecule has 0 amide bonds. The van der Waals surface area contributed by atoms with E-state index in [1.54, 1.807) is 0 Å². The quantitative estimate of drug-likeness (QED) is 0.611. The number of carbonyl (C=O) groups is 2. The molecule has 0 radical (unpaired) electrons. The van der Waals surface area contributed by atoms with Crippen molar-refractivity contribution in [3.63, 3.8) is 0 Å². The summed E-state index contributed by atoms with van der Waals surface area (Å²) >= 11 is 5.70. The Balaban J connectivity index is 2.83. The number of ether oxygens (including phenoxy) is 1. The van der Waals surface area contributed by atoms with Crippen molar-refractivity contribution in [1.29, 1.82) is 0 Å². The highest BCUT2D eigenvalue weighted by Gasteiger charge is 2.44. The number of carboxylic acid groups (broad SMARTS) is 1. The summed E-state index contributed by atoms with van der Waals surface area (Å²) in [5, 5.41) is 9.01. The first kappa shape index (κ1) is 13.3. The van der Waals surface area contributed by atoms with Crippen molar-refractivity contribution in [2.45, 2.75) is 32.1 Å². The van der Waals surface area contributed by atoms with E-state index in [1.807, 2.05) is 0 Å². The fraction of sp³-hybridized carbons (Fsp3) is 0.818. The average Bonchev–Trinajstić information content (AvgIpc) is 2.28. The van der Waals surface area contributed by atoms with Crippen molar-refractivity contribution in [2.24, 2.45) is 11.3 Å². The molecule has 1 aliphatic carbocycles. The number of methoxy groups -OCH3 is 1. The Bertz CT molecular complexity index is 275. The Hall–Kier alpha value is -0.770. The Kier molecular flexibility index (Phi) is 4.59. The van der Waals surface area contributed by atoms with E-state index in [-0.39, 0.29) is 5.97 Å². The molecule has 5 heteroatoms.